The molecule has 1 aromatic heterocycles. The molecule has 0 saturated carbocycles. The van der Waals surface area contributed by atoms with Crippen LogP contribution in [0.25, 0.3) is 0 Å². The predicted molar refractivity (Wildman–Crippen MR) is 133 cm³/mol. The minimum atomic E-state index is -1.13. The van der Waals surface area contributed by atoms with Crippen LogP contribution in [0.5, 0.6) is 5.75 Å². The summed E-state index contributed by atoms with van der Waals surface area (Å²) >= 11 is 1.26. The molecule has 35 heavy (non-hydrogen) atoms. The highest BCUT2D eigenvalue weighted by atomic mass is 32.1. The first-order valence-corrected chi connectivity index (χ1v) is 11.8. The fourth-order valence-corrected chi connectivity index (χ4v) is 3.90. The molecule has 1 atom stereocenters. The summed E-state index contributed by atoms with van der Waals surface area (Å²) in [5, 5.41) is 17.4. The molecular weight excluding hydrogens is 471 g/mol. The number of halogens is 1. The van der Waals surface area contributed by atoms with Gasteiger partial charge < -0.3 is 15.7 Å². The fourth-order valence-electron chi connectivity index (χ4n) is 3.36. The maximum atomic E-state index is 13.7. The maximum absolute atomic E-state index is 13.7. The van der Waals surface area contributed by atoms with Gasteiger partial charge in [0.05, 0.1) is 0 Å². The van der Waals surface area contributed by atoms with Crippen LogP contribution in [0.4, 0.5) is 15.2 Å². The van der Waals surface area contributed by atoms with Crippen LogP contribution in [0.2, 0.25) is 0 Å². The van der Waals surface area contributed by atoms with Crippen molar-refractivity contribution in [3.05, 3.63) is 71.5 Å². The van der Waals surface area contributed by atoms with E-state index in [0.29, 0.717) is 16.4 Å². The predicted octanol–water partition coefficient (Wildman–Crippen LogP) is 4.40. The van der Waals surface area contributed by atoms with E-state index in [1.54, 1.807) is 23.7 Å². The molecule has 8 nitrogen and oxygen atoms in total. The van der Waals surface area contributed by atoms with Gasteiger partial charge in [0.25, 0.3) is 0 Å². The van der Waals surface area contributed by atoms with Crippen LogP contribution in [0.15, 0.2) is 60.1 Å². The Morgan fingerprint density at radius 3 is 2.29 bits per heavy atom. The van der Waals surface area contributed by atoms with Crippen molar-refractivity contribution in [2.45, 2.75) is 45.2 Å². The van der Waals surface area contributed by atoms with Gasteiger partial charge in [0.1, 0.15) is 17.6 Å². The Labute approximate surface area is 206 Å². The van der Waals surface area contributed by atoms with Crippen molar-refractivity contribution in [2.75, 3.05) is 10.2 Å². The summed E-state index contributed by atoms with van der Waals surface area (Å²) < 4.78 is 13.7. The zero-order chi connectivity index (χ0) is 25.6. The smallest absolute Gasteiger partial charge is 0.248 e. The molecule has 0 unspecified atom stereocenters. The topological polar surface area (TPSA) is 112 Å². The summed E-state index contributed by atoms with van der Waals surface area (Å²) in [7, 11) is 0. The highest BCUT2D eigenvalue weighted by Gasteiger charge is 2.34. The van der Waals surface area contributed by atoms with Crippen molar-refractivity contribution in [1.29, 1.82) is 0 Å². The lowest BCUT2D eigenvalue weighted by Gasteiger charge is -2.34. The second-order valence-electron chi connectivity index (χ2n) is 8.86. The quantitative estimate of drug-likeness (QED) is 0.426. The Hall–Kier alpha value is -3.79. The van der Waals surface area contributed by atoms with E-state index in [0.717, 1.165) is 0 Å². The molecule has 0 aliphatic rings. The number of nitrogens with one attached hydrogen (secondary N) is 2. The molecule has 10 heteroatoms. The van der Waals surface area contributed by atoms with Crippen LogP contribution in [-0.2, 0) is 14.4 Å². The van der Waals surface area contributed by atoms with Gasteiger partial charge in [-0.1, -0.05) is 12.1 Å². The molecule has 2 aromatic carbocycles. The van der Waals surface area contributed by atoms with Crippen LogP contribution < -0.4 is 15.5 Å². The van der Waals surface area contributed by atoms with Gasteiger partial charge in [-0.15, -0.1) is 11.3 Å². The Morgan fingerprint density at radius 1 is 1.06 bits per heavy atom. The minimum absolute atomic E-state index is 0.00208. The summed E-state index contributed by atoms with van der Waals surface area (Å²) in [6.07, 6.45) is 1.21. The molecule has 1 heterocycles. The molecule has 3 amide bonds. The molecule has 3 aromatic rings. The molecule has 0 aliphatic carbocycles. The first-order valence-electron chi connectivity index (χ1n) is 10.9. The number of carbonyl (C=O) groups is 3. The largest absolute Gasteiger partial charge is 0.508 e. The summed E-state index contributed by atoms with van der Waals surface area (Å²) in [5.41, 5.74) is 0.130. The second-order valence-corrected chi connectivity index (χ2v) is 9.75. The van der Waals surface area contributed by atoms with Gasteiger partial charge in [0.15, 0.2) is 5.13 Å². The minimum Gasteiger partial charge on any atom is -0.508 e. The summed E-state index contributed by atoms with van der Waals surface area (Å²) in [4.78, 5) is 44.5. The zero-order valence-electron chi connectivity index (χ0n) is 19.6. The average Bonchev–Trinajstić information content (AvgIpc) is 3.29. The van der Waals surface area contributed by atoms with E-state index in [-0.39, 0.29) is 18.6 Å². The maximum Gasteiger partial charge on any atom is 0.248 e. The lowest BCUT2D eigenvalue weighted by molar-refractivity contribution is -0.128. The molecule has 3 N–H and O–H groups in total. The molecular formula is C25H27FN4O4S. The third-order valence-electron chi connectivity index (χ3n) is 4.83. The monoisotopic (exact) mass is 498 g/mol. The summed E-state index contributed by atoms with van der Waals surface area (Å²) in [6.45, 7) is 5.43. The Morgan fingerprint density at radius 2 is 1.71 bits per heavy atom. The fraction of sp³-hybridized carbons (Fsp3) is 0.280. The second kappa shape index (κ2) is 11.1. The number of rotatable bonds is 8. The number of aromatic hydroxyl groups is 1. The first kappa shape index (κ1) is 25.8. The first-order chi connectivity index (χ1) is 16.5. The van der Waals surface area contributed by atoms with E-state index in [2.05, 4.69) is 15.6 Å². The van der Waals surface area contributed by atoms with Crippen LogP contribution in [0.3, 0.4) is 0 Å². The molecule has 3 rings (SSSR count). The van der Waals surface area contributed by atoms with Crippen molar-refractivity contribution >= 4 is 39.9 Å². The molecule has 0 fully saturated rings. The molecule has 184 valence electrons. The normalized spacial score (nSPS) is 12.0. The lowest BCUT2D eigenvalue weighted by atomic mass is 10.00. The third kappa shape index (κ3) is 7.35. The molecule has 0 saturated heterocycles. The van der Waals surface area contributed by atoms with E-state index >= 15 is 0 Å². The van der Waals surface area contributed by atoms with Crippen molar-refractivity contribution in [3.8, 4) is 5.75 Å². The number of thiazole rings is 1. The Balaban J connectivity index is 1.95. The van der Waals surface area contributed by atoms with Crippen LogP contribution in [-0.4, -0.2) is 33.4 Å². The van der Waals surface area contributed by atoms with Gasteiger partial charge in [0.2, 0.25) is 17.7 Å². The number of benzene rings is 2. The van der Waals surface area contributed by atoms with E-state index in [4.69, 9.17) is 0 Å². The van der Waals surface area contributed by atoms with Crippen LogP contribution in [0.1, 0.15) is 45.2 Å². The average molecular weight is 499 g/mol. The Kier molecular flexibility index (Phi) is 8.18. The van der Waals surface area contributed by atoms with E-state index in [1.165, 1.54) is 52.6 Å². The number of phenolic OH excluding ortho intramolecular Hbond substituents is 1. The van der Waals surface area contributed by atoms with Gasteiger partial charge in [-0.3, -0.25) is 19.3 Å². The zero-order valence-corrected chi connectivity index (χ0v) is 20.4. The standard InChI is InChI=1S/C25H27FN4O4S/c1-25(2,3)29-23(34)22(16-4-10-19(31)11-5-16)30(18-8-6-17(26)7-9-18)21(33)13-12-20(32)28-24-27-14-15-35-24/h4-11,14-15,22,31H,12-13H2,1-3H3,(H,29,34)(H,27,28,32)/t22-/m1/s1. The van der Waals surface area contributed by atoms with Crippen molar-refractivity contribution < 1.29 is 23.9 Å². The van der Waals surface area contributed by atoms with Gasteiger partial charge in [-0.25, -0.2) is 9.37 Å². The highest BCUT2D eigenvalue weighted by molar-refractivity contribution is 7.13. The van der Waals surface area contributed by atoms with Crippen LogP contribution in [0, 0.1) is 5.82 Å². The Bertz CT molecular complexity index is 1160. The van der Waals surface area contributed by atoms with Gasteiger partial charge in [-0.05, 0) is 62.7 Å². The molecule has 0 spiro atoms. The number of hydrogen-bond acceptors (Lipinski definition) is 6. The van der Waals surface area contributed by atoms with Gasteiger partial charge in [0, 0.05) is 35.6 Å². The van der Waals surface area contributed by atoms with E-state index in [1.807, 2.05) is 20.8 Å². The third-order valence-corrected chi connectivity index (χ3v) is 5.52. The van der Waals surface area contributed by atoms with Crippen LogP contribution >= 0.6 is 11.3 Å². The summed E-state index contributed by atoms with van der Waals surface area (Å²) in [5.74, 6) is -1.86. The number of aromatic nitrogens is 1. The molecule has 0 aliphatic heterocycles. The number of nitrogens with zero attached hydrogens (tertiary/aromatic N) is 2. The molecule has 0 bridgehead atoms. The van der Waals surface area contributed by atoms with E-state index < -0.39 is 35.1 Å². The highest BCUT2D eigenvalue weighted by Crippen LogP contribution is 2.31. The SMILES string of the molecule is CC(C)(C)NC(=O)[C@@H](c1ccc(O)cc1)N(C(=O)CCC(=O)Nc1nccs1)c1ccc(F)cc1. The van der Waals surface area contributed by atoms with Gasteiger partial charge >= 0.3 is 0 Å². The number of carbonyl (C=O) groups excluding carboxylic acids is 3. The number of amides is 3. The number of hydrogen-bond donors (Lipinski definition) is 3. The lowest BCUT2D eigenvalue weighted by Crippen LogP contribution is -2.49. The van der Waals surface area contributed by atoms with Crippen molar-refractivity contribution in [3.63, 3.8) is 0 Å². The van der Waals surface area contributed by atoms with Gasteiger partial charge in [-0.2, -0.15) is 0 Å². The summed E-state index contributed by atoms with van der Waals surface area (Å²) in [6, 6.07) is 9.99. The molecule has 0 radical (unpaired) electrons. The number of phenols is 1. The van der Waals surface area contributed by atoms with Crippen molar-refractivity contribution in [2.24, 2.45) is 0 Å². The van der Waals surface area contributed by atoms with E-state index in [9.17, 15) is 23.9 Å². The van der Waals surface area contributed by atoms with Crippen molar-refractivity contribution in [1.82, 2.24) is 10.3 Å². The number of anilines is 2.